The van der Waals surface area contributed by atoms with Gasteiger partial charge < -0.3 is 24.4 Å². The lowest BCUT2D eigenvalue weighted by atomic mass is 10.2. The average Bonchev–Trinajstić information content (AvgIpc) is 3.34. The summed E-state index contributed by atoms with van der Waals surface area (Å²) in [5.74, 6) is 1.03. The van der Waals surface area contributed by atoms with E-state index < -0.39 is 0 Å². The second kappa shape index (κ2) is 9.65. The van der Waals surface area contributed by atoms with Crippen LogP contribution >= 0.6 is 0 Å². The lowest BCUT2D eigenvalue weighted by Gasteiger charge is -2.16. The fourth-order valence-electron chi connectivity index (χ4n) is 2.90. The first-order valence-corrected chi connectivity index (χ1v) is 9.41. The fourth-order valence-corrected chi connectivity index (χ4v) is 2.90. The number of aromatic nitrogens is 2. The maximum absolute atomic E-state index is 12.5. The van der Waals surface area contributed by atoms with Gasteiger partial charge in [0.2, 0.25) is 5.91 Å². The molecule has 0 spiro atoms. The molecule has 3 aromatic rings. The van der Waals surface area contributed by atoms with Gasteiger partial charge in [-0.25, -0.2) is 0 Å². The maximum Gasteiger partial charge on any atom is 0.283 e. The molecule has 0 saturated heterocycles. The van der Waals surface area contributed by atoms with Crippen molar-refractivity contribution in [2.24, 2.45) is 0 Å². The number of rotatable bonds is 9. The first-order chi connectivity index (χ1) is 14.0. The first kappa shape index (κ1) is 20.3. The molecular formula is C20H24N5O4+. The summed E-state index contributed by atoms with van der Waals surface area (Å²) in [5, 5.41) is 13.6. The quantitative estimate of drug-likeness (QED) is 0.506. The van der Waals surface area contributed by atoms with Crippen molar-refractivity contribution in [1.82, 2.24) is 10.2 Å². The molecule has 1 atom stereocenters. The predicted molar refractivity (Wildman–Crippen MR) is 106 cm³/mol. The molecular weight excluding hydrogens is 374 g/mol. The van der Waals surface area contributed by atoms with Crippen LogP contribution in [0.5, 0.6) is 0 Å². The van der Waals surface area contributed by atoms with Crippen LogP contribution < -0.4 is 15.5 Å². The SMILES string of the molecule is CCC[NH+](CC(=O)Nc1ccc(NC(C)=O)cc1)Cc1nnc(-c2ccco2)o1. The van der Waals surface area contributed by atoms with Crippen LogP contribution in [0.1, 0.15) is 26.2 Å². The lowest BCUT2D eigenvalue weighted by Crippen LogP contribution is -3.11. The molecule has 0 aliphatic rings. The van der Waals surface area contributed by atoms with E-state index in [4.69, 9.17) is 8.83 Å². The fraction of sp³-hybridized carbons (Fsp3) is 0.300. The average molecular weight is 398 g/mol. The van der Waals surface area contributed by atoms with Gasteiger partial charge >= 0.3 is 0 Å². The number of carbonyl (C=O) groups excluding carboxylic acids is 2. The number of carbonyl (C=O) groups is 2. The molecule has 2 heterocycles. The van der Waals surface area contributed by atoms with Gasteiger partial charge in [0.05, 0.1) is 12.8 Å². The van der Waals surface area contributed by atoms with Crippen molar-refractivity contribution in [2.45, 2.75) is 26.8 Å². The Balaban J connectivity index is 1.56. The third kappa shape index (κ3) is 6.01. The highest BCUT2D eigenvalue weighted by molar-refractivity contribution is 5.92. The highest BCUT2D eigenvalue weighted by atomic mass is 16.4. The molecule has 0 radical (unpaired) electrons. The van der Waals surface area contributed by atoms with E-state index >= 15 is 0 Å². The normalized spacial score (nSPS) is 11.8. The molecule has 0 aliphatic carbocycles. The van der Waals surface area contributed by atoms with Gasteiger partial charge in [-0.05, 0) is 42.8 Å². The zero-order valence-electron chi connectivity index (χ0n) is 16.4. The van der Waals surface area contributed by atoms with Crippen LogP contribution in [0, 0.1) is 0 Å². The Bertz CT molecular complexity index is 934. The van der Waals surface area contributed by atoms with E-state index in [0.717, 1.165) is 17.9 Å². The van der Waals surface area contributed by atoms with E-state index in [1.54, 1.807) is 42.7 Å². The van der Waals surface area contributed by atoms with Crippen molar-refractivity contribution in [1.29, 1.82) is 0 Å². The first-order valence-electron chi connectivity index (χ1n) is 9.41. The van der Waals surface area contributed by atoms with Gasteiger partial charge in [0.25, 0.3) is 17.7 Å². The van der Waals surface area contributed by atoms with E-state index in [1.807, 2.05) is 0 Å². The summed E-state index contributed by atoms with van der Waals surface area (Å²) in [4.78, 5) is 24.5. The van der Waals surface area contributed by atoms with E-state index in [9.17, 15) is 9.59 Å². The van der Waals surface area contributed by atoms with Crippen molar-refractivity contribution < 1.29 is 23.3 Å². The van der Waals surface area contributed by atoms with Gasteiger partial charge in [0, 0.05) is 18.3 Å². The van der Waals surface area contributed by atoms with Gasteiger partial charge in [-0.2, -0.15) is 0 Å². The van der Waals surface area contributed by atoms with Crippen molar-refractivity contribution >= 4 is 23.2 Å². The van der Waals surface area contributed by atoms with Crippen molar-refractivity contribution in [3.8, 4) is 11.7 Å². The molecule has 9 heteroatoms. The number of furan rings is 1. The predicted octanol–water partition coefficient (Wildman–Crippen LogP) is 1.72. The van der Waals surface area contributed by atoms with Gasteiger partial charge in [-0.3, -0.25) is 9.59 Å². The Morgan fingerprint density at radius 3 is 2.41 bits per heavy atom. The molecule has 2 aromatic heterocycles. The Morgan fingerprint density at radius 1 is 1.07 bits per heavy atom. The number of hydrogen-bond acceptors (Lipinski definition) is 6. The summed E-state index contributed by atoms with van der Waals surface area (Å²) in [5.41, 5.74) is 1.34. The summed E-state index contributed by atoms with van der Waals surface area (Å²) in [6.07, 6.45) is 2.45. The van der Waals surface area contributed by atoms with Gasteiger partial charge in [0.1, 0.15) is 0 Å². The van der Waals surface area contributed by atoms with Crippen LogP contribution in [-0.4, -0.2) is 35.1 Å². The number of anilines is 2. The highest BCUT2D eigenvalue weighted by Crippen LogP contribution is 2.17. The largest absolute Gasteiger partial charge is 0.459 e. The molecule has 3 rings (SSSR count). The topological polar surface area (TPSA) is 115 Å². The molecule has 0 fully saturated rings. The van der Waals surface area contributed by atoms with Crippen LogP contribution in [0.15, 0.2) is 51.5 Å². The molecule has 0 bridgehead atoms. The van der Waals surface area contributed by atoms with E-state index in [1.165, 1.54) is 6.92 Å². The Labute approximate surface area is 168 Å². The Hall–Kier alpha value is -3.46. The number of benzene rings is 1. The number of hydrogen-bond donors (Lipinski definition) is 3. The van der Waals surface area contributed by atoms with Crippen molar-refractivity contribution in [3.63, 3.8) is 0 Å². The summed E-state index contributed by atoms with van der Waals surface area (Å²) in [6, 6.07) is 10.5. The zero-order chi connectivity index (χ0) is 20.6. The third-order valence-electron chi connectivity index (χ3n) is 4.10. The van der Waals surface area contributed by atoms with Gasteiger partial charge in [0.15, 0.2) is 18.8 Å². The molecule has 9 nitrogen and oxygen atoms in total. The van der Waals surface area contributed by atoms with Crippen LogP contribution in [0.4, 0.5) is 11.4 Å². The molecule has 0 aliphatic heterocycles. The molecule has 3 N–H and O–H groups in total. The Morgan fingerprint density at radius 2 is 1.79 bits per heavy atom. The zero-order valence-corrected chi connectivity index (χ0v) is 16.4. The minimum absolute atomic E-state index is 0.119. The van der Waals surface area contributed by atoms with Crippen molar-refractivity contribution in [2.75, 3.05) is 23.7 Å². The molecule has 0 saturated carbocycles. The number of nitrogens with zero attached hydrogens (tertiary/aromatic N) is 2. The highest BCUT2D eigenvalue weighted by Gasteiger charge is 2.19. The second-order valence-corrected chi connectivity index (χ2v) is 6.64. The second-order valence-electron chi connectivity index (χ2n) is 6.64. The molecule has 29 heavy (non-hydrogen) atoms. The van der Waals surface area contributed by atoms with Crippen molar-refractivity contribution in [3.05, 3.63) is 48.6 Å². The molecule has 1 aromatic carbocycles. The summed E-state index contributed by atoms with van der Waals surface area (Å²) < 4.78 is 10.9. The molecule has 1 unspecified atom stereocenters. The number of quaternary nitrogens is 1. The van der Waals surface area contributed by atoms with Crippen LogP contribution in [0.3, 0.4) is 0 Å². The van der Waals surface area contributed by atoms with E-state index in [-0.39, 0.29) is 18.4 Å². The summed E-state index contributed by atoms with van der Waals surface area (Å²) in [6.45, 7) is 4.99. The van der Waals surface area contributed by atoms with E-state index in [2.05, 4.69) is 27.8 Å². The monoisotopic (exact) mass is 398 g/mol. The summed E-state index contributed by atoms with van der Waals surface area (Å²) in [7, 11) is 0. The maximum atomic E-state index is 12.5. The van der Waals surface area contributed by atoms with Gasteiger partial charge in [-0.1, -0.05) is 6.92 Å². The minimum Gasteiger partial charge on any atom is -0.459 e. The van der Waals surface area contributed by atoms with Crippen LogP contribution in [0.2, 0.25) is 0 Å². The molecule has 152 valence electrons. The Kier molecular flexibility index (Phi) is 6.75. The van der Waals surface area contributed by atoms with E-state index in [0.29, 0.717) is 35.5 Å². The number of amides is 2. The van der Waals surface area contributed by atoms with Crippen LogP contribution in [-0.2, 0) is 16.1 Å². The van der Waals surface area contributed by atoms with Crippen LogP contribution in [0.25, 0.3) is 11.7 Å². The molecule has 2 amide bonds. The summed E-state index contributed by atoms with van der Waals surface area (Å²) >= 11 is 0. The minimum atomic E-state index is -0.142. The smallest absolute Gasteiger partial charge is 0.283 e. The number of nitrogens with one attached hydrogen (secondary N) is 3. The lowest BCUT2D eigenvalue weighted by molar-refractivity contribution is -0.907. The standard InChI is InChI=1S/C20H23N5O4/c1-3-10-25(13-19-23-24-20(29-19)17-5-4-11-28-17)12-18(27)22-16-8-6-15(7-9-16)21-14(2)26/h4-9,11H,3,10,12-13H2,1-2H3,(H,21,26)(H,22,27)/p+1. The third-order valence-corrected chi connectivity index (χ3v) is 4.10. The van der Waals surface area contributed by atoms with Gasteiger partial charge in [-0.15, -0.1) is 10.2 Å².